The second kappa shape index (κ2) is 3.18. The van der Waals surface area contributed by atoms with Crippen LogP contribution in [0.15, 0.2) is 0 Å². The predicted octanol–water partition coefficient (Wildman–Crippen LogP) is 1.16. The Morgan fingerprint density at radius 2 is 2.15 bits per heavy atom. The van der Waals surface area contributed by atoms with Crippen molar-refractivity contribution in [3.63, 3.8) is 0 Å². The molecule has 1 saturated heterocycles. The van der Waals surface area contributed by atoms with Crippen molar-refractivity contribution in [1.82, 2.24) is 4.90 Å². The molecule has 1 heterocycles. The lowest BCUT2D eigenvalue weighted by Crippen LogP contribution is -2.61. The molecule has 0 aromatic rings. The van der Waals surface area contributed by atoms with Gasteiger partial charge >= 0.3 is 6.09 Å². The van der Waals surface area contributed by atoms with E-state index in [1.807, 2.05) is 27.7 Å². The minimum atomic E-state index is -0.304. The molecule has 1 unspecified atom stereocenters. The zero-order valence-electron chi connectivity index (χ0n) is 8.70. The maximum atomic E-state index is 11.4. The summed E-state index contributed by atoms with van der Waals surface area (Å²) in [6.07, 6.45) is -0.560. The van der Waals surface area contributed by atoms with Crippen LogP contribution in [0, 0.1) is 5.41 Å². The Hall–Kier alpha value is -0.770. The van der Waals surface area contributed by atoms with Crippen LogP contribution in [0.5, 0.6) is 0 Å². The molecular formula is C9H18N2O2. The lowest BCUT2D eigenvalue weighted by atomic mass is 9.88. The number of amides is 1. The third-order valence-corrected chi connectivity index (χ3v) is 2.44. The maximum Gasteiger partial charge on any atom is 0.411 e. The highest BCUT2D eigenvalue weighted by Gasteiger charge is 2.41. The van der Waals surface area contributed by atoms with Crippen molar-refractivity contribution in [2.45, 2.75) is 39.9 Å². The molecule has 1 atom stereocenters. The van der Waals surface area contributed by atoms with Gasteiger partial charge in [-0.1, -0.05) is 13.8 Å². The van der Waals surface area contributed by atoms with E-state index in [9.17, 15) is 4.79 Å². The fourth-order valence-electron chi connectivity index (χ4n) is 1.43. The summed E-state index contributed by atoms with van der Waals surface area (Å²) >= 11 is 0. The van der Waals surface area contributed by atoms with Gasteiger partial charge in [0.1, 0.15) is 6.61 Å². The average molecular weight is 186 g/mol. The van der Waals surface area contributed by atoms with E-state index in [2.05, 4.69) is 0 Å². The SMILES string of the molecule is CC(C)N1C(=O)OCC(C)(C)C1N. The molecule has 1 aliphatic rings. The molecule has 0 aliphatic carbocycles. The van der Waals surface area contributed by atoms with Crippen LogP contribution in [0.4, 0.5) is 4.79 Å². The molecule has 13 heavy (non-hydrogen) atoms. The number of nitrogens with two attached hydrogens (primary N) is 1. The van der Waals surface area contributed by atoms with E-state index < -0.39 is 0 Å². The first-order valence-electron chi connectivity index (χ1n) is 4.57. The van der Waals surface area contributed by atoms with E-state index in [1.165, 1.54) is 0 Å². The van der Waals surface area contributed by atoms with Gasteiger partial charge in [-0.3, -0.25) is 4.90 Å². The van der Waals surface area contributed by atoms with Crippen molar-refractivity contribution in [3.8, 4) is 0 Å². The molecule has 0 bridgehead atoms. The average Bonchev–Trinajstić information content (AvgIpc) is 1.98. The van der Waals surface area contributed by atoms with E-state index in [1.54, 1.807) is 4.90 Å². The number of ether oxygens (including phenoxy) is 1. The molecule has 76 valence electrons. The van der Waals surface area contributed by atoms with Gasteiger partial charge in [0, 0.05) is 11.5 Å². The fourth-order valence-corrected chi connectivity index (χ4v) is 1.43. The van der Waals surface area contributed by atoms with Gasteiger partial charge < -0.3 is 10.5 Å². The number of hydrogen-bond donors (Lipinski definition) is 1. The molecule has 4 heteroatoms. The normalized spacial score (nSPS) is 27.7. The minimum Gasteiger partial charge on any atom is -0.449 e. The van der Waals surface area contributed by atoms with Crippen LogP contribution in [0.25, 0.3) is 0 Å². The Balaban J connectivity index is 2.85. The molecule has 0 aromatic carbocycles. The Labute approximate surface area is 79.0 Å². The predicted molar refractivity (Wildman–Crippen MR) is 50.1 cm³/mol. The summed E-state index contributed by atoms with van der Waals surface area (Å²) in [6, 6.07) is 0.0853. The van der Waals surface area contributed by atoms with E-state index in [0.29, 0.717) is 6.61 Å². The molecular weight excluding hydrogens is 168 g/mol. The van der Waals surface area contributed by atoms with Crippen LogP contribution in [0.1, 0.15) is 27.7 Å². The lowest BCUT2D eigenvalue weighted by Gasteiger charge is -2.45. The molecule has 0 saturated carbocycles. The first kappa shape index (κ1) is 10.3. The Bertz CT molecular complexity index is 214. The van der Waals surface area contributed by atoms with Crippen LogP contribution >= 0.6 is 0 Å². The summed E-state index contributed by atoms with van der Waals surface area (Å²) in [5, 5.41) is 0. The highest BCUT2D eigenvalue weighted by molar-refractivity contribution is 5.69. The van der Waals surface area contributed by atoms with Crippen LogP contribution in [-0.4, -0.2) is 29.8 Å². The number of carbonyl (C=O) groups excluding carboxylic acids is 1. The summed E-state index contributed by atoms with van der Waals surface area (Å²) in [7, 11) is 0. The largest absolute Gasteiger partial charge is 0.449 e. The second-order valence-electron chi connectivity index (χ2n) is 4.49. The highest BCUT2D eigenvalue weighted by Crippen LogP contribution is 2.28. The molecule has 0 aromatic heterocycles. The van der Waals surface area contributed by atoms with E-state index in [4.69, 9.17) is 10.5 Å². The van der Waals surface area contributed by atoms with Crippen LogP contribution in [-0.2, 0) is 4.74 Å². The Morgan fingerprint density at radius 1 is 1.62 bits per heavy atom. The minimum absolute atomic E-state index is 0.0853. The molecule has 2 N–H and O–H groups in total. The first-order chi connectivity index (χ1) is 5.86. The number of nitrogens with zero attached hydrogens (tertiary/aromatic N) is 1. The van der Waals surface area contributed by atoms with E-state index in [-0.39, 0.29) is 23.7 Å². The van der Waals surface area contributed by atoms with Crippen molar-refractivity contribution in [2.75, 3.05) is 6.61 Å². The second-order valence-corrected chi connectivity index (χ2v) is 4.49. The summed E-state index contributed by atoms with van der Waals surface area (Å²) in [6.45, 7) is 8.26. The van der Waals surface area contributed by atoms with Gasteiger partial charge in [-0.05, 0) is 13.8 Å². The molecule has 0 spiro atoms. The number of cyclic esters (lactones) is 1. The van der Waals surface area contributed by atoms with Crippen LogP contribution in [0.3, 0.4) is 0 Å². The van der Waals surface area contributed by atoms with Gasteiger partial charge in [-0.2, -0.15) is 0 Å². The third kappa shape index (κ3) is 1.77. The van der Waals surface area contributed by atoms with Gasteiger partial charge in [0.2, 0.25) is 0 Å². The number of carbonyl (C=O) groups is 1. The highest BCUT2D eigenvalue weighted by atomic mass is 16.6. The molecule has 1 rings (SSSR count). The zero-order valence-corrected chi connectivity index (χ0v) is 8.70. The Kier molecular flexibility index (Phi) is 2.52. The summed E-state index contributed by atoms with van der Waals surface area (Å²) in [4.78, 5) is 12.9. The lowest BCUT2D eigenvalue weighted by molar-refractivity contribution is -0.0406. The van der Waals surface area contributed by atoms with Crippen molar-refractivity contribution in [3.05, 3.63) is 0 Å². The molecule has 1 aliphatic heterocycles. The van der Waals surface area contributed by atoms with Gasteiger partial charge in [-0.25, -0.2) is 4.79 Å². The monoisotopic (exact) mass is 186 g/mol. The number of hydrogen-bond acceptors (Lipinski definition) is 3. The topological polar surface area (TPSA) is 55.6 Å². The van der Waals surface area contributed by atoms with Gasteiger partial charge in [0.15, 0.2) is 0 Å². The molecule has 0 radical (unpaired) electrons. The first-order valence-corrected chi connectivity index (χ1v) is 4.57. The van der Waals surface area contributed by atoms with Gasteiger partial charge in [0.05, 0.1) is 6.17 Å². The van der Waals surface area contributed by atoms with E-state index in [0.717, 1.165) is 0 Å². The standard InChI is InChI=1S/C9H18N2O2/c1-6(2)11-7(10)9(3,4)5-13-8(11)12/h6-7H,5,10H2,1-4H3. The van der Waals surface area contributed by atoms with Crippen molar-refractivity contribution in [2.24, 2.45) is 11.1 Å². The number of rotatable bonds is 1. The van der Waals surface area contributed by atoms with Gasteiger partial charge in [0.25, 0.3) is 0 Å². The fraction of sp³-hybridized carbons (Fsp3) is 0.889. The quantitative estimate of drug-likeness (QED) is 0.668. The molecule has 1 fully saturated rings. The van der Waals surface area contributed by atoms with Crippen LogP contribution in [0.2, 0.25) is 0 Å². The smallest absolute Gasteiger partial charge is 0.411 e. The molecule has 4 nitrogen and oxygen atoms in total. The zero-order chi connectivity index (χ0) is 10.2. The van der Waals surface area contributed by atoms with Crippen LogP contribution < -0.4 is 5.73 Å². The van der Waals surface area contributed by atoms with Crippen molar-refractivity contribution < 1.29 is 9.53 Å². The maximum absolute atomic E-state index is 11.4. The summed E-state index contributed by atoms with van der Waals surface area (Å²) < 4.78 is 5.04. The van der Waals surface area contributed by atoms with Crippen molar-refractivity contribution >= 4 is 6.09 Å². The van der Waals surface area contributed by atoms with Crippen molar-refractivity contribution in [1.29, 1.82) is 0 Å². The summed E-state index contributed by atoms with van der Waals surface area (Å²) in [5.74, 6) is 0. The Morgan fingerprint density at radius 3 is 2.54 bits per heavy atom. The summed E-state index contributed by atoms with van der Waals surface area (Å²) in [5.41, 5.74) is 5.80. The van der Waals surface area contributed by atoms with Gasteiger partial charge in [-0.15, -0.1) is 0 Å². The third-order valence-electron chi connectivity index (χ3n) is 2.44. The van der Waals surface area contributed by atoms with E-state index >= 15 is 0 Å². The molecule has 1 amide bonds.